The number of hydrogen-bond donors (Lipinski definition) is 1. The van der Waals surface area contributed by atoms with Crippen molar-refractivity contribution >= 4 is 17.2 Å². The molecule has 3 saturated heterocycles. The van der Waals surface area contributed by atoms with E-state index in [1.807, 2.05) is 0 Å². The van der Waals surface area contributed by atoms with Gasteiger partial charge in [0.2, 0.25) is 0 Å². The van der Waals surface area contributed by atoms with E-state index in [0.717, 1.165) is 17.4 Å². The van der Waals surface area contributed by atoms with Gasteiger partial charge in [-0.15, -0.1) is 10.2 Å². The van der Waals surface area contributed by atoms with Crippen LogP contribution in [0.2, 0.25) is 0 Å². The second-order valence-electron chi connectivity index (χ2n) is 6.56. The lowest BCUT2D eigenvalue weighted by molar-refractivity contribution is 0.0457. The lowest BCUT2D eigenvalue weighted by atomic mass is 9.79. The summed E-state index contributed by atoms with van der Waals surface area (Å²) in [4.78, 5) is 2.59. The molecule has 2 atom stereocenters. The van der Waals surface area contributed by atoms with Gasteiger partial charge in [-0.3, -0.25) is 4.90 Å². The molecule has 0 aliphatic carbocycles. The van der Waals surface area contributed by atoms with Crippen LogP contribution in [-0.4, -0.2) is 40.3 Å². The monoisotopic (exact) mass is 314 g/mol. The van der Waals surface area contributed by atoms with Crippen molar-refractivity contribution in [2.24, 2.45) is 5.92 Å². The van der Waals surface area contributed by atoms with Gasteiger partial charge in [0.1, 0.15) is 5.82 Å². The largest absolute Gasteiger partial charge is 0.364 e. The molecule has 2 aromatic rings. The highest BCUT2D eigenvalue weighted by molar-refractivity contribution is 7.08. The summed E-state index contributed by atoms with van der Waals surface area (Å²) in [5, 5.41) is 16.8. The van der Waals surface area contributed by atoms with Crippen molar-refractivity contribution in [1.82, 2.24) is 15.1 Å². The molecular weight excluding hydrogens is 292 g/mol. The smallest absolute Gasteiger partial charge is 0.148 e. The summed E-state index contributed by atoms with van der Waals surface area (Å²) in [6, 6.07) is 5.25. The summed E-state index contributed by atoms with van der Waals surface area (Å²) < 4.78 is 0. The zero-order valence-electron chi connectivity index (χ0n) is 13.1. The van der Waals surface area contributed by atoms with Crippen molar-refractivity contribution in [2.75, 3.05) is 18.4 Å². The van der Waals surface area contributed by atoms with E-state index in [1.54, 1.807) is 11.3 Å². The number of anilines is 1. The number of piperidine rings is 3. The second-order valence-corrected chi connectivity index (χ2v) is 7.30. The third-order valence-electron chi connectivity index (χ3n) is 5.29. The Kier molecular flexibility index (Phi) is 3.62. The first-order valence-corrected chi connectivity index (χ1v) is 9.04. The molecule has 5 heterocycles. The van der Waals surface area contributed by atoms with E-state index in [9.17, 15) is 0 Å². The Bertz CT molecular complexity index is 641. The Morgan fingerprint density at radius 2 is 2.00 bits per heavy atom. The fraction of sp³-hybridized carbons (Fsp3) is 0.529. The van der Waals surface area contributed by atoms with E-state index in [0.29, 0.717) is 12.1 Å². The molecule has 0 aromatic carbocycles. The molecule has 3 fully saturated rings. The van der Waals surface area contributed by atoms with Crippen LogP contribution < -0.4 is 5.32 Å². The topological polar surface area (TPSA) is 41.0 Å². The van der Waals surface area contributed by atoms with Gasteiger partial charge in [-0.25, -0.2) is 0 Å². The molecule has 116 valence electrons. The van der Waals surface area contributed by atoms with Crippen LogP contribution in [0.15, 0.2) is 22.9 Å². The Morgan fingerprint density at radius 3 is 2.59 bits per heavy atom. The van der Waals surface area contributed by atoms with Crippen molar-refractivity contribution in [3.8, 4) is 11.3 Å². The van der Waals surface area contributed by atoms with E-state index in [2.05, 4.69) is 57.2 Å². The molecule has 5 rings (SSSR count). The first-order valence-electron chi connectivity index (χ1n) is 8.10. The maximum Gasteiger partial charge on any atom is 0.148 e. The van der Waals surface area contributed by atoms with Gasteiger partial charge in [0.25, 0.3) is 0 Å². The molecule has 22 heavy (non-hydrogen) atoms. The zero-order valence-corrected chi connectivity index (χ0v) is 13.9. The molecule has 0 spiro atoms. The van der Waals surface area contributed by atoms with E-state index in [4.69, 9.17) is 0 Å². The van der Waals surface area contributed by atoms with Gasteiger partial charge in [-0.05, 0) is 68.8 Å². The molecule has 3 aliphatic heterocycles. The highest BCUT2D eigenvalue weighted by Crippen LogP contribution is 2.34. The minimum atomic E-state index is 0.505. The maximum atomic E-state index is 4.42. The number of fused-ring (bicyclic) bond motifs is 3. The molecule has 1 N–H and O–H groups in total. The third-order valence-corrected chi connectivity index (χ3v) is 6.15. The maximum absolute atomic E-state index is 4.42. The number of aryl methyl sites for hydroxylation is 1. The van der Waals surface area contributed by atoms with Gasteiger partial charge in [0.05, 0.1) is 5.69 Å². The van der Waals surface area contributed by atoms with Gasteiger partial charge in [0.15, 0.2) is 0 Å². The minimum Gasteiger partial charge on any atom is -0.364 e. The Labute approximate surface area is 135 Å². The summed E-state index contributed by atoms with van der Waals surface area (Å²) >= 11 is 1.71. The molecule has 0 saturated carbocycles. The number of nitrogens with one attached hydrogen (secondary N) is 1. The SMILES string of the molecule is Cc1cscc1-c1ccc(N[C@@H]2C3CCN(CC3)[C@@H]2C)nn1. The molecule has 3 aliphatic rings. The zero-order chi connectivity index (χ0) is 15.1. The predicted molar refractivity (Wildman–Crippen MR) is 91.3 cm³/mol. The average Bonchev–Trinajstić information content (AvgIpc) is 2.98. The van der Waals surface area contributed by atoms with Gasteiger partial charge < -0.3 is 5.32 Å². The number of thiophene rings is 1. The van der Waals surface area contributed by atoms with Gasteiger partial charge in [-0.1, -0.05) is 0 Å². The normalized spacial score (nSPS) is 30.5. The lowest BCUT2D eigenvalue weighted by Gasteiger charge is -2.50. The molecule has 0 amide bonds. The number of aromatic nitrogens is 2. The number of rotatable bonds is 3. The van der Waals surface area contributed by atoms with E-state index >= 15 is 0 Å². The standard InChI is InChI=1S/C17H22N4S/c1-11-9-22-10-14(11)15-3-4-16(20-19-15)18-17-12(2)21-7-5-13(17)6-8-21/h3-4,9-10,12-13,17H,5-8H2,1-2H3,(H,18,20)/t12-,17+/m1/s1. The first-order chi connectivity index (χ1) is 10.7. The quantitative estimate of drug-likeness (QED) is 0.942. The van der Waals surface area contributed by atoms with Crippen LogP contribution in [-0.2, 0) is 0 Å². The Hall–Kier alpha value is -1.46. The number of nitrogens with zero attached hydrogens (tertiary/aromatic N) is 3. The molecule has 5 heteroatoms. The predicted octanol–water partition coefficient (Wildman–Crippen LogP) is 3.41. The van der Waals surface area contributed by atoms with E-state index in [-0.39, 0.29) is 0 Å². The molecule has 0 radical (unpaired) electrons. The third kappa shape index (κ3) is 2.42. The van der Waals surface area contributed by atoms with Crippen LogP contribution in [0.1, 0.15) is 25.3 Å². The van der Waals surface area contributed by atoms with Crippen LogP contribution in [0.4, 0.5) is 5.82 Å². The molecule has 2 aromatic heterocycles. The van der Waals surface area contributed by atoms with Crippen LogP contribution >= 0.6 is 11.3 Å². The van der Waals surface area contributed by atoms with Crippen LogP contribution in [0.5, 0.6) is 0 Å². The molecular formula is C17H22N4S. The fourth-order valence-corrected chi connectivity index (χ4v) is 4.73. The summed E-state index contributed by atoms with van der Waals surface area (Å²) in [5.41, 5.74) is 3.43. The summed E-state index contributed by atoms with van der Waals surface area (Å²) in [7, 11) is 0. The number of hydrogen-bond acceptors (Lipinski definition) is 5. The van der Waals surface area contributed by atoms with Crippen molar-refractivity contribution in [2.45, 2.75) is 38.8 Å². The van der Waals surface area contributed by atoms with Crippen LogP contribution in [0, 0.1) is 12.8 Å². The van der Waals surface area contributed by atoms with Crippen molar-refractivity contribution in [3.05, 3.63) is 28.5 Å². The van der Waals surface area contributed by atoms with Gasteiger partial charge >= 0.3 is 0 Å². The van der Waals surface area contributed by atoms with E-state index in [1.165, 1.54) is 37.1 Å². The average molecular weight is 314 g/mol. The first kappa shape index (κ1) is 14.2. The van der Waals surface area contributed by atoms with Gasteiger partial charge in [0, 0.05) is 23.0 Å². The molecule has 2 bridgehead atoms. The second kappa shape index (κ2) is 5.63. The van der Waals surface area contributed by atoms with Crippen LogP contribution in [0.25, 0.3) is 11.3 Å². The van der Waals surface area contributed by atoms with Crippen molar-refractivity contribution < 1.29 is 0 Å². The highest BCUT2D eigenvalue weighted by Gasteiger charge is 2.39. The fourth-order valence-electron chi connectivity index (χ4n) is 3.89. The van der Waals surface area contributed by atoms with Crippen molar-refractivity contribution in [1.29, 1.82) is 0 Å². The van der Waals surface area contributed by atoms with E-state index < -0.39 is 0 Å². The summed E-state index contributed by atoms with van der Waals surface area (Å²) in [6.07, 6.45) is 2.61. The Morgan fingerprint density at radius 1 is 1.18 bits per heavy atom. The minimum absolute atomic E-state index is 0.505. The highest BCUT2D eigenvalue weighted by atomic mass is 32.1. The summed E-state index contributed by atoms with van der Waals surface area (Å²) in [6.45, 7) is 6.96. The Balaban J connectivity index is 1.51. The summed E-state index contributed by atoms with van der Waals surface area (Å²) in [5.74, 6) is 1.68. The van der Waals surface area contributed by atoms with Gasteiger partial charge in [-0.2, -0.15) is 11.3 Å². The van der Waals surface area contributed by atoms with Crippen LogP contribution in [0.3, 0.4) is 0 Å². The molecule has 4 nitrogen and oxygen atoms in total. The van der Waals surface area contributed by atoms with Crippen molar-refractivity contribution in [3.63, 3.8) is 0 Å². The molecule has 0 unspecified atom stereocenters. The lowest BCUT2D eigenvalue weighted by Crippen LogP contribution is -2.59.